The Balaban J connectivity index is 2.11. The molecule has 2 rings (SSSR count). The van der Waals surface area contributed by atoms with Crippen molar-refractivity contribution in [3.05, 3.63) is 22.5 Å². The van der Waals surface area contributed by atoms with E-state index >= 15 is 0 Å². The quantitative estimate of drug-likeness (QED) is 0.705. The number of Topliss-reactive ketones (excluding diaryl/α,β-unsaturated/α-hetero) is 1. The van der Waals surface area contributed by atoms with Crippen LogP contribution in [-0.2, 0) is 6.42 Å². The largest absolute Gasteiger partial charge is 0.354 e. The molecule has 1 aliphatic rings. The van der Waals surface area contributed by atoms with Crippen LogP contribution in [0.4, 0.5) is 0 Å². The maximum absolute atomic E-state index is 12.5. The molecule has 1 aromatic heterocycles. The van der Waals surface area contributed by atoms with Crippen molar-refractivity contribution in [3.8, 4) is 0 Å². The molecule has 0 aliphatic carbocycles. The van der Waals surface area contributed by atoms with Gasteiger partial charge >= 0.3 is 0 Å². The molecule has 1 saturated heterocycles. The molecule has 1 unspecified atom stereocenters. The first-order chi connectivity index (χ1) is 10.5. The Hall–Kier alpha value is -1.62. The molecule has 1 aliphatic heterocycles. The number of H-pyrrole nitrogens is 1. The first-order valence-corrected chi connectivity index (χ1v) is 8.25. The summed E-state index contributed by atoms with van der Waals surface area (Å²) in [6, 6.07) is 0. The van der Waals surface area contributed by atoms with Crippen molar-refractivity contribution in [3.63, 3.8) is 0 Å². The smallest absolute Gasteiger partial charge is 0.268 e. The van der Waals surface area contributed by atoms with Crippen LogP contribution in [0, 0.1) is 12.8 Å². The van der Waals surface area contributed by atoms with Gasteiger partial charge in [0.1, 0.15) is 5.69 Å². The fourth-order valence-electron chi connectivity index (χ4n) is 3.27. The Kier molecular flexibility index (Phi) is 5.77. The molecule has 1 amide bonds. The van der Waals surface area contributed by atoms with Crippen LogP contribution in [0.5, 0.6) is 0 Å². The number of carbonyl (C=O) groups is 2. The highest BCUT2D eigenvalue weighted by atomic mass is 16.2. The first-order valence-electron chi connectivity index (χ1n) is 8.25. The molecule has 0 saturated carbocycles. The summed E-state index contributed by atoms with van der Waals surface area (Å²) in [6.07, 6.45) is 3.96. The Labute approximate surface area is 132 Å². The number of ketones is 1. The van der Waals surface area contributed by atoms with Gasteiger partial charge in [-0.3, -0.25) is 9.59 Å². The van der Waals surface area contributed by atoms with Crippen LogP contribution in [0.15, 0.2) is 0 Å². The fraction of sp³-hybridized carbons (Fsp3) is 0.647. The Morgan fingerprint density at radius 2 is 2.14 bits per heavy atom. The van der Waals surface area contributed by atoms with Gasteiger partial charge in [-0.1, -0.05) is 13.3 Å². The minimum Gasteiger partial charge on any atom is -0.354 e. The van der Waals surface area contributed by atoms with Gasteiger partial charge in [-0.25, -0.2) is 0 Å². The summed E-state index contributed by atoms with van der Waals surface area (Å²) >= 11 is 0. The Morgan fingerprint density at radius 1 is 1.36 bits per heavy atom. The third-order valence-electron chi connectivity index (χ3n) is 4.32. The van der Waals surface area contributed by atoms with Crippen molar-refractivity contribution < 1.29 is 9.59 Å². The second-order valence-corrected chi connectivity index (χ2v) is 6.21. The Bertz CT molecular complexity index is 542. The molecule has 2 heterocycles. The van der Waals surface area contributed by atoms with E-state index in [0.29, 0.717) is 23.7 Å². The van der Waals surface area contributed by atoms with Crippen molar-refractivity contribution in [1.29, 1.82) is 0 Å². The molecule has 122 valence electrons. The van der Waals surface area contributed by atoms with Crippen LogP contribution in [0.3, 0.4) is 0 Å². The summed E-state index contributed by atoms with van der Waals surface area (Å²) in [5, 5.41) is 6.38. The molecular weight excluding hydrogens is 278 g/mol. The van der Waals surface area contributed by atoms with Crippen molar-refractivity contribution in [2.45, 2.75) is 46.5 Å². The molecule has 5 heteroatoms. The van der Waals surface area contributed by atoms with E-state index in [1.165, 1.54) is 0 Å². The predicted molar refractivity (Wildman–Crippen MR) is 87.5 cm³/mol. The molecule has 0 aromatic carbocycles. The molecule has 1 fully saturated rings. The predicted octanol–water partition coefficient (Wildman–Crippen LogP) is 2.21. The molecule has 3 N–H and O–H groups in total. The molecule has 22 heavy (non-hydrogen) atoms. The van der Waals surface area contributed by atoms with E-state index in [4.69, 9.17) is 0 Å². The van der Waals surface area contributed by atoms with Gasteiger partial charge < -0.3 is 15.6 Å². The number of aromatic nitrogens is 1. The number of hydrogen-bond acceptors (Lipinski definition) is 3. The van der Waals surface area contributed by atoms with Crippen LogP contribution in [-0.4, -0.2) is 36.3 Å². The highest BCUT2D eigenvalue weighted by Gasteiger charge is 2.23. The van der Waals surface area contributed by atoms with Crippen LogP contribution >= 0.6 is 0 Å². The van der Waals surface area contributed by atoms with E-state index in [-0.39, 0.29) is 11.7 Å². The monoisotopic (exact) mass is 305 g/mol. The minimum absolute atomic E-state index is 0.0210. The summed E-state index contributed by atoms with van der Waals surface area (Å²) in [5.41, 5.74) is 2.91. The van der Waals surface area contributed by atoms with E-state index in [0.717, 1.165) is 50.0 Å². The number of rotatable bonds is 6. The van der Waals surface area contributed by atoms with Crippen molar-refractivity contribution >= 4 is 11.7 Å². The van der Waals surface area contributed by atoms with Crippen LogP contribution in [0.2, 0.25) is 0 Å². The van der Waals surface area contributed by atoms with Gasteiger partial charge in [0.2, 0.25) is 0 Å². The van der Waals surface area contributed by atoms with Gasteiger partial charge in [0.05, 0.1) is 0 Å². The number of aromatic amines is 1. The molecular formula is C17H27N3O2. The average molecular weight is 305 g/mol. The van der Waals surface area contributed by atoms with Gasteiger partial charge in [-0.05, 0) is 57.7 Å². The van der Waals surface area contributed by atoms with Crippen molar-refractivity contribution in [2.24, 2.45) is 5.92 Å². The maximum Gasteiger partial charge on any atom is 0.268 e. The van der Waals surface area contributed by atoms with Gasteiger partial charge in [0.25, 0.3) is 5.91 Å². The van der Waals surface area contributed by atoms with E-state index in [1.54, 1.807) is 6.92 Å². The van der Waals surface area contributed by atoms with Crippen LogP contribution < -0.4 is 10.6 Å². The molecule has 0 spiro atoms. The van der Waals surface area contributed by atoms with Gasteiger partial charge in [-0.15, -0.1) is 0 Å². The number of nitrogens with one attached hydrogen (secondary N) is 3. The number of carbonyl (C=O) groups excluding carboxylic acids is 2. The first kappa shape index (κ1) is 16.7. The topological polar surface area (TPSA) is 74.0 Å². The number of piperidine rings is 1. The van der Waals surface area contributed by atoms with E-state index in [9.17, 15) is 9.59 Å². The Morgan fingerprint density at radius 3 is 2.73 bits per heavy atom. The van der Waals surface area contributed by atoms with Crippen LogP contribution in [0.1, 0.15) is 65.2 Å². The van der Waals surface area contributed by atoms with Gasteiger partial charge in [-0.2, -0.15) is 0 Å². The number of aryl methyl sites for hydroxylation is 1. The van der Waals surface area contributed by atoms with E-state index < -0.39 is 0 Å². The minimum atomic E-state index is -0.0929. The van der Waals surface area contributed by atoms with Gasteiger partial charge in [0.15, 0.2) is 5.78 Å². The van der Waals surface area contributed by atoms with Crippen molar-refractivity contribution in [1.82, 2.24) is 15.6 Å². The zero-order valence-corrected chi connectivity index (χ0v) is 13.8. The highest BCUT2D eigenvalue weighted by Crippen LogP contribution is 2.21. The van der Waals surface area contributed by atoms with E-state index in [1.807, 2.05) is 6.92 Å². The summed E-state index contributed by atoms with van der Waals surface area (Å²) in [7, 11) is 0. The SMILES string of the molecule is CCCc1c(C(=O)NCC2CCCNC2)[nH]c(C)c1C(C)=O. The number of amides is 1. The second kappa shape index (κ2) is 7.58. The summed E-state index contributed by atoms with van der Waals surface area (Å²) in [4.78, 5) is 27.5. The normalized spacial score (nSPS) is 18.2. The fourth-order valence-corrected chi connectivity index (χ4v) is 3.27. The standard InChI is InChI=1S/C17H27N3O2/c1-4-6-14-15(12(3)21)11(2)20-16(14)17(22)19-10-13-7-5-8-18-9-13/h13,18,20H,4-10H2,1-3H3,(H,19,22). The summed E-state index contributed by atoms with van der Waals surface area (Å²) in [5.74, 6) is 0.424. The summed E-state index contributed by atoms with van der Waals surface area (Å²) in [6.45, 7) is 8.20. The lowest BCUT2D eigenvalue weighted by molar-refractivity contribution is 0.0939. The van der Waals surface area contributed by atoms with Crippen molar-refractivity contribution in [2.75, 3.05) is 19.6 Å². The maximum atomic E-state index is 12.5. The summed E-state index contributed by atoms with van der Waals surface area (Å²) < 4.78 is 0. The lowest BCUT2D eigenvalue weighted by atomic mass is 9.99. The third kappa shape index (κ3) is 3.77. The molecule has 0 bridgehead atoms. The zero-order valence-electron chi connectivity index (χ0n) is 13.8. The molecule has 1 atom stereocenters. The van der Waals surface area contributed by atoms with Crippen LogP contribution in [0.25, 0.3) is 0 Å². The highest BCUT2D eigenvalue weighted by molar-refractivity contribution is 6.02. The lowest BCUT2D eigenvalue weighted by Crippen LogP contribution is -2.38. The molecule has 0 radical (unpaired) electrons. The van der Waals surface area contributed by atoms with E-state index in [2.05, 4.69) is 22.5 Å². The molecule has 5 nitrogen and oxygen atoms in total. The zero-order chi connectivity index (χ0) is 16.1. The lowest BCUT2D eigenvalue weighted by Gasteiger charge is -2.22. The molecule has 1 aromatic rings. The van der Waals surface area contributed by atoms with Gasteiger partial charge in [0, 0.05) is 17.8 Å². The average Bonchev–Trinajstić information content (AvgIpc) is 2.83. The number of hydrogen-bond donors (Lipinski definition) is 3. The second-order valence-electron chi connectivity index (χ2n) is 6.21. The third-order valence-corrected chi connectivity index (χ3v) is 4.32.